The topological polar surface area (TPSA) is 125 Å². The predicted octanol–water partition coefficient (Wildman–Crippen LogP) is 2.18. The van der Waals surface area contributed by atoms with Gasteiger partial charge in [-0.25, -0.2) is 18.3 Å². The molecule has 1 aliphatic heterocycles. The van der Waals surface area contributed by atoms with Crippen molar-refractivity contribution in [3.63, 3.8) is 0 Å². The van der Waals surface area contributed by atoms with Gasteiger partial charge in [0.25, 0.3) is 5.91 Å². The van der Waals surface area contributed by atoms with Crippen LogP contribution in [0, 0.1) is 11.2 Å². The number of halogens is 4. The molecule has 4 N–H and O–H groups in total. The van der Waals surface area contributed by atoms with Crippen molar-refractivity contribution in [3.8, 4) is 5.75 Å². The van der Waals surface area contributed by atoms with Crippen molar-refractivity contribution < 1.29 is 45.8 Å². The van der Waals surface area contributed by atoms with Crippen LogP contribution in [0.4, 0.5) is 17.6 Å². The average molecular weight is 518 g/mol. The van der Waals surface area contributed by atoms with E-state index in [4.69, 9.17) is 9.94 Å². The van der Waals surface area contributed by atoms with E-state index in [0.717, 1.165) is 6.07 Å². The number of hydrogen-bond donors (Lipinski definition) is 4. The minimum atomic E-state index is -4.70. The average Bonchev–Trinajstić information content (AvgIpc) is 3.51. The van der Waals surface area contributed by atoms with Crippen molar-refractivity contribution >= 4 is 15.7 Å². The summed E-state index contributed by atoms with van der Waals surface area (Å²) in [5, 5.41) is 20.8. The van der Waals surface area contributed by atoms with E-state index < -0.39 is 68.3 Å². The van der Waals surface area contributed by atoms with Crippen molar-refractivity contribution in [1.82, 2.24) is 10.8 Å². The Balaban J connectivity index is 1.50. The monoisotopic (exact) mass is 518 g/mol. The lowest BCUT2D eigenvalue weighted by Crippen LogP contribution is -2.57. The number of benzene rings is 2. The number of carbonyl (C=O) groups is 1. The Morgan fingerprint density at radius 2 is 1.86 bits per heavy atom. The minimum absolute atomic E-state index is 0.0539. The number of amides is 1. The SMILES string of the molecule is O=C(NO)C1NCC(O)CC12CC2S(=O)(=O)c1ccc(OCc2cc(F)ccc2C(F)(F)F)cc1. The van der Waals surface area contributed by atoms with Crippen LogP contribution in [0.3, 0.4) is 0 Å². The number of aliphatic hydroxyl groups excluding tert-OH is 1. The number of carbonyl (C=O) groups excluding carboxylic acids is 1. The molecular weight excluding hydrogens is 496 g/mol. The second-order valence-electron chi connectivity index (χ2n) is 8.71. The van der Waals surface area contributed by atoms with Crippen LogP contribution in [0.1, 0.15) is 24.0 Å². The molecule has 1 amide bonds. The number of alkyl halides is 3. The third-order valence-corrected chi connectivity index (χ3v) is 8.78. The zero-order chi connectivity index (χ0) is 25.6. The van der Waals surface area contributed by atoms with Gasteiger partial charge in [-0.15, -0.1) is 0 Å². The van der Waals surface area contributed by atoms with Crippen LogP contribution in [0.15, 0.2) is 47.4 Å². The molecular formula is C22H22F4N2O6S. The van der Waals surface area contributed by atoms with Crippen LogP contribution >= 0.6 is 0 Å². The van der Waals surface area contributed by atoms with Crippen LogP contribution in [-0.4, -0.2) is 48.6 Å². The number of hydrogen-bond acceptors (Lipinski definition) is 7. The molecule has 13 heteroatoms. The summed E-state index contributed by atoms with van der Waals surface area (Å²) >= 11 is 0. The molecule has 35 heavy (non-hydrogen) atoms. The third kappa shape index (κ3) is 4.85. The number of piperidine rings is 1. The lowest BCUT2D eigenvalue weighted by molar-refractivity contribution is -0.138. The smallest absolute Gasteiger partial charge is 0.416 e. The fourth-order valence-corrected chi connectivity index (χ4v) is 6.96. The summed E-state index contributed by atoms with van der Waals surface area (Å²) in [6.07, 6.45) is -5.41. The second kappa shape index (κ2) is 9.04. The first-order chi connectivity index (χ1) is 16.4. The first-order valence-corrected chi connectivity index (χ1v) is 12.1. The summed E-state index contributed by atoms with van der Waals surface area (Å²) in [7, 11) is -3.95. The molecule has 4 unspecified atom stereocenters. The highest BCUT2D eigenvalue weighted by Crippen LogP contribution is 2.59. The lowest BCUT2D eigenvalue weighted by Gasteiger charge is -2.35. The molecule has 1 saturated heterocycles. The van der Waals surface area contributed by atoms with Gasteiger partial charge in [-0.05, 0) is 55.3 Å². The van der Waals surface area contributed by atoms with Gasteiger partial charge in [-0.3, -0.25) is 10.0 Å². The van der Waals surface area contributed by atoms with Gasteiger partial charge in [-0.1, -0.05) is 0 Å². The molecule has 1 saturated carbocycles. The summed E-state index contributed by atoms with van der Waals surface area (Å²) in [6, 6.07) is 6.01. The minimum Gasteiger partial charge on any atom is -0.489 e. The lowest BCUT2D eigenvalue weighted by atomic mass is 9.85. The number of sulfone groups is 1. The molecule has 1 spiro atoms. The summed E-state index contributed by atoms with van der Waals surface area (Å²) in [5.74, 6) is -1.58. The normalized spacial score (nSPS) is 26.4. The first-order valence-electron chi connectivity index (χ1n) is 10.6. The Labute approximate surface area is 197 Å². The molecule has 2 aliphatic rings. The molecule has 2 fully saturated rings. The fraction of sp³-hybridized carbons (Fsp3) is 0.409. The van der Waals surface area contributed by atoms with Gasteiger partial charge in [0.15, 0.2) is 9.84 Å². The van der Waals surface area contributed by atoms with Gasteiger partial charge < -0.3 is 15.2 Å². The summed E-state index contributed by atoms with van der Waals surface area (Å²) in [5.41, 5.74) is -1.02. The highest BCUT2D eigenvalue weighted by atomic mass is 32.2. The van der Waals surface area contributed by atoms with Crippen molar-refractivity contribution in [3.05, 3.63) is 59.4 Å². The zero-order valence-corrected chi connectivity index (χ0v) is 18.9. The Morgan fingerprint density at radius 3 is 2.49 bits per heavy atom. The van der Waals surface area contributed by atoms with Crippen molar-refractivity contribution in [2.75, 3.05) is 6.54 Å². The second-order valence-corrected chi connectivity index (χ2v) is 10.8. The Kier molecular flexibility index (Phi) is 6.55. The molecule has 0 radical (unpaired) electrons. The molecule has 0 bridgehead atoms. The Bertz CT molecular complexity index is 1220. The van der Waals surface area contributed by atoms with Gasteiger partial charge >= 0.3 is 6.18 Å². The van der Waals surface area contributed by atoms with E-state index in [1.165, 1.54) is 29.7 Å². The number of ether oxygens (including phenoxy) is 1. The van der Waals surface area contributed by atoms with E-state index in [9.17, 15) is 35.9 Å². The molecule has 8 nitrogen and oxygen atoms in total. The molecule has 4 atom stereocenters. The van der Waals surface area contributed by atoms with Crippen LogP contribution in [0.5, 0.6) is 5.75 Å². The molecule has 1 heterocycles. The van der Waals surface area contributed by atoms with Gasteiger partial charge in [-0.2, -0.15) is 13.2 Å². The van der Waals surface area contributed by atoms with E-state index in [2.05, 4.69) is 5.32 Å². The molecule has 2 aromatic carbocycles. The number of hydroxylamine groups is 1. The molecule has 0 aromatic heterocycles. The van der Waals surface area contributed by atoms with E-state index in [-0.39, 0.29) is 30.0 Å². The van der Waals surface area contributed by atoms with Gasteiger partial charge in [0.1, 0.15) is 18.2 Å². The van der Waals surface area contributed by atoms with E-state index in [0.29, 0.717) is 12.1 Å². The van der Waals surface area contributed by atoms with Gasteiger partial charge in [0, 0.05) is 17.5 Å². The standard InChI is InChI=1S/C22H22F4N2O6S/c23-13-1-6-17(22(24,25)26)12(7-13)11-34-15-2-4-16(5-3-15)35(32,33)18-9-21(18)8-14(29)10-27-19(21)20(30)28-31/h1-7,14,18-19,27,29,31H,8-11H2,(H,28,30). The Hall–Kier alpha value is -2.74. The summed E-state index contributed by atoms with van der Waals surface area (Å²) in [6.45, 7) is -0.522. The molecule has 1 aliphatic carbocycles. The van der Waals surface area contributed by atoms with E-state index >= 15 is 0 Å². The quantitative estimate of drug-likeness (QED) is 0.263. The number of nitrogens with one attached hydrogen (secondary N) is 2. The van der Waals surface area contributed by atoms with Crippen LogP contribution in [0.25, 0.3) is 0 Å². The number of rotatable bonds is 6. The van der Waals surface area contributed by atoms with Crippen molar-refractivity contribution in [1.29, 1.82) is 0 Å². The predicted molar refractivity (Wildman–Crippen MR) is 113 cm³/mol. The maximum Gasteiger partial charge on any atom is 0.416 e. The fourth-order valence-electron chi connectivity index (χ4n) is 4.74. The molecule has 190 valence electrons. The van der Waals surface area contributed by atoms with E-state index in [1.807, 2.05) is 0 Å². The molecule has 4 rings (SSSR count). The van der Waals surface area contributed by atoms with Crippen molar-refractivity contribution in [2.24, 2.45) is 5.41 Å². The van der Waals surface area contributed by atoms with Crippen LogP contribution < -0.4 is 15.5 Å². The first kappa shape index (κ1) is 25.4. The highest BCUT2D eigenvalue weighted by Gasteiger charge is 2.68. The summed E-state index contributed by atoms with van der Waals surface area (Å²) < 4.78 is 84.6. The number of β-amino-alcohol motifs (C(OH)–C–C–N with tert-alkyl or cyclic N) is 1. The maximum absolute atomic E-state index is 13.5. The Morgan fingerprint density at radius 1 is 1.17 bits per heavy atom. The molecule has 2 aromatic rings. The largest absolute Gasteiger partial charge is 0.489 e. The van der Waals surface area contributed by atoms with Crippen LogP contribution in [0.2, 0.25) is 0 Å². The van der Waals surface area contributed by atoms with Gasteiger partial charge in [0.05, 0.1) is 27.9 Å². The van der Waals surface area contributed by atoms with Crippen molar-refractivity contribution in [2.45, 2.75) is 47.9 Å². The van der Waals surface area contributed by atoms with Gasteiger partial charge in [0.2, 0.25) is 0 Å². The van der Waals surface area contributed by atoms with Crippen LogP contribution in [-0.2, 0) is 27.4 Å². The van der Waals surface area contributed by atoms with E-state index in [1.54, 1.807) is 0 Å². The third-order valence-electron chi connectivity index (χ3n) is 6.46. The highest BCUT2D eigenvalue weighted by molar-refractivity contribution is 7.92. The maximum atomic E-state index is 13.5. The summed E-state index contributed by atoms with van der Waals surface area (Å²) in [4.78, 5) is 12.0. The zero-order valence-electron chi connectivity index (χ0n) is 18.0. The number of aliphatic hydroxyl groups is 1.